The lowest BCUT2D eigenvalue weighted by atomic mass is 9.99. The molecular weight excluding hydrogens is 414 g/mol. The number of carboxylic acid groups (broad SMARTS) is 1. The predicted molar refractivity (Wildman–Crippen MR) is 124 cm³/mol. The normalized spacial score (nSPS) is 14.3. The van der Waals surface area contributed by atoms with E-state index in [2.05, 4.69) is 46.7 Å². The highest BCUT2D eigenvalue weighted by atomic mass is 32.2. The number of nitrogens with one attached hydrogen (secondary N) is 1. The predicted octanol–water partition coefficient (Wildman–Crippen LogP) is 6.42. The summed E-state index contributed by atoms with van der Waals surface area (Å²) in [5.74, 6) is 0.494. The summed E-state index contributed by atoms with van der Waals surface area (Å²) in [4.78, 5) is 20.8. The fourth-order valence-corrected chi connectivity index (χ4v) is 5.15. The number of carbonyl (C=O) groups is 1. The van der Waals surface area contributed by atoms with E-state index < -0.39 is 10.7 Å². The number of thioether (sulfide) groups is 1. The van der Waals surface area contributed by atoms with E-state index in [9.17, 15) is 9.90 Å². The van der Waals surface area contributed by atoms with Crippen molar-refractivity contribution in [3.63, 3.8) is 0 Å². The van der Waals surface area contributed by atoms with E-state index in [-0.39, 0.29) is 0 Å². The third-order valence-electron chi connectivity index (χ3n) is 5.37. The first kappa shape index (κ1) is 19.3. The summed E-state index contributed by atoms with van der Waals surface area (Å²) in [6.07, 6.45) is 2.52. The second-order valence-corrected chi connectivity index (χ2v) is 10.6. The molecule has 1 saturated carbocycles. The van der Waals surface area contributed by atoms with Gasteiger partial charge in [-0.3, -0.25) is 4.79 Å². The number of hydrogen-bond acceptors (Lipinski definition) is 6. The minimum atomic E-state index is -1.01. The molecule has 4 aromatic rings. The van der Waals surface area contributed by atoms with Crippen LogP contribution in [0, 0.1) is 0 Å². The molecule has 0 bridgehead atoms. The van der Waals surface area contributed by atoms with Crippen molar-refractivity contribution in [1.82, 2.24) is 9.97 Å². The van der Waals surface area contributed by atoms with E-state index in [1.807, 2.05) is 11.4 Å². The van der Waals surface area contributed by atoms with Gasteiger partial charge in [-0.15, -0.1) is 11.3 Å². The molecule has 2 heterocycles. The van der Waals surface area contributed by atoms with Crippen LogP contribution in [0.15, 0.2) is 53.0 Å². The minimum absolute atomic E-state index is 0.453. The molecule has 5 nitrogen and oxygen atoms in total. The monoisotopic (exact) mass is 435 g/mol. The van der Waals surface area contributed by atoms with Crippen molar-refractivity contribution in [2.45, 2.75) is 42.5 Å². The Morgan fingerprint density at radius 1 is 1.13 bits per heavy atom. The van der Waals surface area contributed by atoms with Crippen LogP contribution in [-0.4, -0.2) is 25.8 Å². The molecule has 0 amide bonds. The number of carboxylic acids is 1. The zero-order valence-electron chi connectivity index (χ0n) is 16.7. The summed E-state index contributed by atoms with van der Waals surface area (Å²) in [5, 5.41) is 17.9. The van der Waals surface area contributed by atoms with Crippen LogP contribution in [-0.2, 0) is 4.79 Å². The number of anilines is 2. The molecule has 1 aliphatic rings. The molecule has 0 aliphatic heterocycles. The standard InChI is InChI=1S/C23H21N3O2S2/c1-23(2,21(27)28)30-22-25-18-11-12-29-19(18)20(26-22)24-17-10-9-14(13-7-8-13)15-5-3-4-6-16(15)17/h3-6,9-13H,7-8H2,1-2H3,(H,27,28)(H,24,25,26). The van der Waals surface area contributed by atoms with Gasteiger partial charge in [0.15, 0.2) is 11.0 Å². The Morgan fingerprint density at radius 3 is 2.63 bits per heavy atom. The molecule has 152 valence electrons. The van der Waals surface area contributed by atoms with Crippen LogP contribution in [0.5, 0.6) is 0 Å². The number of benzene rings is 2. The van der Waals surface area contributed by atoms with Crippen molar-refractivity contribution in [3.05, 3.63) is 53.4 Å². The van der Waals surface area contributed by atoms with Gasteiger partial charge in [-0.25, -0.2) is 9.97 Å². The van der Waals surface area contributed by atoms with Crippen LogP contribution < -0.4 is 5.32 Å². The van der Waals surface area contributed by atoms with Gasteiger partial charge in [0.25, 0.3) is 0 Å². The van der Waals surface area contributed by atoms with Gasteiger partial charge >= 0.3 is 5.97 Å². The zero-order valence-corrected chi connectivity index (χ0v) is 18.3. The largest absolute Gasteiger partial charge is 0.480 e. The van der Waals surface area contributed by atoms with E-state index in [1.165, 1.54) is 29.2 Å². The molecule has 2 N–H and O–H groups in total. The molecule has 0 atom stereocenters. The van der Waals surface area contributed by atoms with Gasteiger partial charge in [-0.1, -0.05) is 42.1 Å². The molecule has 1 aliphatic carbocycles. The van der Waals surface area contributed by atoms with Crippen LogP contribution in [0.2, 0.25) is 0 Å². The molecule has 30 heavy (non-hydrogen) atoms. The maximum atomic E-state index is 11.6. The van der Waals surface area contributed by atoms with Crippen molar-refractivity contribution >= 4 is 61.6 Å². The molecule has 2 aromatic heterocycles. The zero-order chi connectivity index (χ0) is 20.9. The van der Waals surface area contributed by atoms with Crippen LogP contribution in [0.3, 0.4) is 0 Å². The summed E-state index contributed by atoms with van der Waals surface area (Å²) in [7, 11) is 0. The molecule has 7 heteroatoms. The summed E-state index contributed by atoms with van der Waals surface area (Å²) in [6, 6.07) is 14.8. The van der Waals surface area contributed by atoms with Gasteiger partial charge in [0.1, 0.15) is 4.75 Å². The number of nitrogens with zero attached hydrogens (tertiary/aromatic N) is 2. The van der Waals surface area contributed by atoms with Crippen molar-refractivity contribution in [1.29, 1.82) is 0 Å². The average Bonchev–Trinajstić information content (AvgIpc) is 3.44. The maximum absolute atomic E-state index is 11.6. The number of aromatic nitrogens is 2. The van der Waals surface area contributed by atoms with E-state index in [1.54, 1.807) is 25.2 Å². The Kier molecular flexibility index (Phi) is 4.67. The van der Waals surface area contributed by atoms with Crippen LogP contribution in [0.25, 0.3) is 21.0 Å². The van der Waals surface area contributed by atoms with Crippen molar-refractivity contribution in [3.8, 4) is 0 Å². The SMILES string of the molecule is CC(C)(Sc1nc(Nc2ccc(C3CC3)c3ccccc23)c2sccc2n1)C(=O)O. The Balaban J connectivity index is 1.58. The van der Waals surface area contributed by atoms with Gasteiger partial charge in [0, 0.05) is 11.1 Å². The Bertz CT molecular complexity index is 1280. The van der Waals surface area contributed by atoms with Crippen LogP contribution in [0.1, 0.15) is 38.2 Å². The van der Waals surface area contributed by atoms with E-state index >= 15 is 0 Å². The lowest BCUT2D eigenvalue weighted by Crippen LogP contribution is -2.27. The molecule has 0 saturated heterocycles. The Hall–Kier alpha value is -2.64. The molecule has 2 aromatic carbocycles. The maximum Gasteiger partial charge on any atom is 0.319 e. The molecular formula is C23H21N3O2S2. The highest BCUT2D eigenvalue weighted by Crippen LogP contribution is 2.45. The quantitative estimate of drug-likeness (QED) is 0.269. The lowest BCUT2D eigenvalue weighted by Gasteiger charge is -2.18. The number of rotatable bonds is 6. The van der Waals surface area contributed by atoms with E-state index in [4.69, 9.17) is 4.98 Å². The first-order valence-corrected chi connectivity index (χ1v) is 11.6. The van der Waals surface area contributed by atoms with Crippen molar-refractivity contribution < 1.29 is 9.90 Å². The average molecular weight is 436 g/mol. The second kappa shape index (κ2) is 7.25. The van der Waals surface area contributed by atoms with Gasteiger partial charge in [-0.05, 0) is 61.1 Å². The highest BCUT2D eigenvalue weighted by Gasteiger charge is 2.30. The Labute approximate surface area is 182 Å². The number of fused-ring (bicyclic) bond motifs is 2. The summed E-state index contributed by atoms with van der Waals surface area (Å²) < 4.78 is -0.0534. The van der Waals surface area contributed by atoms with E-state index in [0.717, 1.165) is 27.7 Å². The van der Waals surface area contributed by atoms with Gasteiger partial charge < -0.3 is 10.4 Å². The van der Waals surface area contributed by atoms with Crippen molar-refractivity contribution in [2.24, 2.45) is 0 Å². The van der Waals surface area contributed by atoms with Crippen molar-refractivity contribution in [2.75, 3.05) is 5.32 Å². The first-order valence-electron chi connectivity index (χ1n) is 9.89. The lowest BCUT2D eigenvalue weighted by molar-refractivity contribution is -0.138. The fourth-order valence-electron chi connectivity index (χ4n) is 3.55. The summed E-state index contributed by atoms with van der Waals surface area (Å²) in [6.45, 7) is 3.33. The second-order valence-electron chi connectivity index (χ2n) is 8.05. The minimum Gasteiger partial charge on any atom is -0.480 e. The molecule has 5 rings (SSSR count). The first-order chi connectivity index (χ1) is 14.4. The summed E-state index contributed by atoms with van der Waals surface area (Å²) in [5.41, 5.74) is 3.23. The molecule has 0 unspecified atom stereocenters. The number of thiophene rings is 1. The van der Waals surface area contributed by atoms with Crippen LogP contribution >= 0.6 is 23.1 Å². The molecule has 1 fully saturated rings. The fraction of sp³-hybridized carbons (Fsp3) is 0.261. The van der Waals surface area contributed by atoms with E-state index in [0.29, 0.717) is 16.9 Å². The van der Waals surface area contributed by atoms with Gasteiger partial charge in [0.2, 0.25) is 0 Å². The third kappa shape index (κ3) is 3.52. The van der Waals surface area contributed by atoms with Crippen LogP contribution in [0.4, 0.5) is 11.5 Å². The highest BCUT2D eigenvalue weighted by molar-refractivity contribution is 8.01. The number of aliphatic carboxylic acids is 1. The van der Waals surface area contributed by atoms with Gasteiger partial charge in [0.05, 0.1) is 10.2 Å². The third-order valence-corrected chi connectivity index (χ3v) is 7.33. The molecule has 0 radical (unpaired) electrons. The topological polar surface area (TPSA) is 75.1 Å². The Morgan fingerprint density at radius 2 is 1.90 bits per heavy atom. The summed E-state index contributed by atoms with van der Waals surface area (Å²) >= 11 is 2.73. The van der Waals surface area contributed by atoms with Gasteiger partial charge in [-0.2, -0.15) is 0 Å². The smallest absolute Gasteiger partial charge is 0.319 e. The molecule has 0 spiro atoms. The number of hydrogen-bond donors (Lipinski definition) is 2.